The Morgan fingerprint density at radius 1 is 1.07 bits per heavy atom. The van der Waals surface area contributed by atoms with Gasteiger partial charge >= 0.3 is 18.1 Å². The number of alkyl halides is 5. The van der Waals surface area contributed by atoms with Gasteiger partial charge in [-0.1, -0.05) is 0 Å². The largest absolute Gasteiger partial charge is 0.465 e. The van der Waals surface area contributed by atoms with E-state index in [1.54, 1.807) is 0 Å². The smallest absolute Gasteiger partial charge is 0.434 e. The van der Waals surface area contributed by atoms with Crippen LogP contribution in [0.3, 0.4) is 0 Å². The molecule has 11 heteroatoms. The fourth-order valence-corrected chi connectivity index (χ4v) is 2.51. The Kier molecular flexibility index (Phi) is 7.49. The van der Waals surface area contributed by atoms with Gasteiger partial charge in [0.05, 0.1) is 19.4 Å². The molecule has 0 fully saturated rings. The van der Waals surface area contributed by atoms with E-state index in [1.165, 1.54) is 25.7 Å². The van der Waals surface area contributed by atoms with Gasteiger partial charge in [-0.3, -0.25) is 0 Å². The van der Waals surface area contributed by atoms with Crippen LogP contribution in [0.15, 0.2) is 0 Å². The van der Waals surface area contributed by atoms with Crippen LogP contribution in [0.4, 0.5) is 27.6 Å². The number of aromatic nitrogens is 1. The molecule has 0 saturated carbocycles. The highest BCUT2D eigenvalue weighted by molar-refractivity contribution is 6.06. The van der Waals surface area contributed by atoms with E-state index in [4.69, 9.17) is 0 Å². The number of carbonyl (C=O) groups is 2. The predicted octanol–water partition coefficient (Wildman–Crippen LogP) is 3.85. The molecule has 0 radical (unpaired) electrons. The molecule has 0 amide bonds. The Morgan fingerprint density at radius 2 is 1.63 bits per heavy atom. The summed E-state index contributed by atoms with van der Waals surface area (Å²) in [6.07, 6.45) is -8.74. The van der Waals surface area contributed by atoms with E-state index >= 15 is 0 Å². The Morgan fingerprint density at radius 3 is 2.00 bits per heavy atom. The molecule has 1 heterocycles. The average molecular weight is 398 g/mol. The van der Waals surface area contributed by atoms with Crippen molar-refractivity contribution in [1.29, 1.82) is 0 Å². The van der Waals surface area contributed by atoms with Crippen molar-refractivity contribution in [2.45, 2.75) is 33.4 Å². The molecule has 152 valence electrons. The Hall–Kier alpha value is -2.46. The van der Waals surface area contributed by atoms with E-state index in [9.17, 15) is 31.5 Å². The highest BCUT2D eigenvalue weighted by Crippen LogP contribution is 2.41. The van der Waals surface area contributed by atoms with Crippen LogP contribution < -0.4 is 4.90 Å². The standard InChI is InChI=1S/C16H19F5N2O4/c1-5-23(6-2)11-8(14(24)26-4)10(13(17)18)22-12(16(19,20)21)9(11)15(25)27-7-3/h13H,5-7H2,1-4H3. The van der Waals surface area contributed by atoms with Crippen LogP contribution in [0.5, 0.6) is 0 Å². The van der Waals surface area contributed by atoms with Gasteiger partial charge in [-0.15, -0.1) is 0 Å². The first-order valence-corrected chi connectivity index (χ1v) is 7.98. The van der Waals surface area contributed by atoms with Crippen LogP contribution in [-0.2, 0) is 15.7 Å². The Balaban J connectivity index is 4.16. The molecule has 0 spiro atoms. The maximum atomic E-state index is 13.5. The van der Waals surface area contributed by atoms with Crippen LogP contribution in [-0.4, -0.2) is 43.7 Å². The van der Waals surface area contributed by atoms with Gasteiger partial charge in [0.15, 0.2) is 5.69 Å². The molecule has 0 aromatic carbocycles. The van der Waals surface area contributed by atoms with E-state index < -0.39 is 52.7 Å². The maximum absolute atomic E-state index is 13.5. The number of rotatable bonds is 7. The second kappa shape index (κ2) is 8.96. The first-order valence-electron chi connectivity index (χ1n) is 7.98. The third kappa shape index (κ3) is 4.64. The molecule has 1 rings (SSSR count). The molecule has 6 nitrogen and oxygen atoms in total. The lowest BCUT2D eigenvalue weighted by atomic mass is 10.0. The fourth-order valence-electron chi connectivity index (χ4n) is 2.51. The number of hydrogen-bond acceptors (Lipinski definition) is 6. The molecular formula is C16H19F5N2O4. The van der Waals surface area contributed by atoms with Crippen molar-refractivity contribution < 1.29 is 41.0 Å². The molecular weight excluding hydrogens is 379 g/mol. The van der Waals surface area contributed by atoms with Gasteiger partial charge in [0.25, 0.3) is 6.43 Å². The van der Waals surface area contributed by atoms with Crippen LogP contribution in [0.1, 0.15) is 59.3 Å². The third-order valence-electron chi connectivity index (χ3n) is 3.62. The molecule has 0 bridgehead atoms. The lowest BCUT2D eigenvalue weighted by Gasteiger charge is -2.28. The molecule has 0 aliphatic carbocycles. The van der Waals surface area contributed by atoms with Crippen LogP contribution in [0.25, 0.3) is 0 Å². The quantitative estimate of drug-likeness (QED) is 0.513. The second-order valence-corrected chi connectivity index (χ2v) is 5.13. The molecule has 27 heavy (non-hydrogen) atoms. The van der Waals surface area contributed by atoms with E-state index in [2.05, 4.69) is 14.5 Å². The van der Waals surface area contributed by atoms with Crippen molar-refractivity contribution in [2.75, 3.05) is 31.7 Å². The van der Waals surface area contributed by atoms with Crippen molar-refractivity contribution in [3.8, 4) is 0 Å². The summed E-state index contributed by atoms with van der Waals surface area (Å²) >= 11 is 0. The molecule has 0 saturated heterocycles. The number of anilines is 1. The lowest BCUT2D eigenvalue weighted by Crippen LogP contribution is -2.31. The van der Waals surface area contributed by atoms with E-state index in [0.29, 0.717) is 0 Å². The first kappa shape index (κ1) is 22.6. The molecule has 1 aromatic rings. The normalized spacial score (nSPS) is 11.5. The van der Waals surface area contributed by atoms with Crippen LogP contribution in [0.2, 0.25) is 0 Å². The van der Waals surface area contributed by atoms with Crippen LogP contribution >= 0.6 is 0 Å². The average Bonchev–Trinajstić information content (AvgIpc) is 2.60. The Bertz CT molecular complexity index is 703. The zero-order valence-corrected chi connectivity index (χ0v) is 15.1. The van der Waals surface area contributed by atoms with Gasteiger partial charge in [0, 0.05) is 13.1 Å². The minimum atomic E-state index is -5.23. The number of hydrogen-bond donors (Lipinski definition) is 0. The Labute approximate surface area is 152 Å². The number of pyridine rings is 1. The fraction of sp³-hybridized carbons (Fsp3) is 0.562. The molecule has 0 aliphatic heterocycles. The minimum Gasteiger partial charge on any atom is -0.465 e. The third-order valence-corrected chi connectivity index (χ3v) is 3.62. The molecule has 0 N–H and O–H groups in total. The number of halogens is 5. The molecule has 0 unspecified atom stereocenters. The number of carbonyl (C=O) groups excluding carboxylic acids is 2. The summed E-state index contributed by atoms with van der Waals surface area (Å²) in [5.74, 6) is -2.76. The van der Waals surface area contributed by atoms with Crippen molar-refractivity contribution >= 4 is 17.6 Å². The maximum Gasteiger partial charge on any atom is 0.434 e. The highest BCUT2D eigenvalue weighted by Gasteiger charge is 2.44. The summed E-state index contributed by atoms with van der Waals surface area (Å²) in [5, 5.41) is 0. The summed E-state index contributed by atoms with van der Waals surface area (Å²) in [5.41, 5.74) is -5.89. The highest BCUT2D eigenvalue weighted by atomic mass is 19.4. The topological polar surface area (TPSA) is 68.7 Å². The van der Waals surface area contributed by atoms with Gasteiger partial charge in [0.2, 0.25) is 0 Å². The van der Waals surface area contributed by atoms with E-state index in [0.717, 1.165) is 7.11 Å². The van der Waals surface area contributed by atoms with Crippen LogP contribution in [0, 0.1) is 0 Å². The van der Waals surface area contributed by atoms with Gasteiger partial charge < -0.3 is 14.4 Å². The number of esters is 2. The molecule has 1 aromatic heterocycles. The monoisotopic (exact) mass is 398 g/mol. The summed E-state index contributed by atoms with van der Waals surface area (Å²) in [7, 11) is 0.880. The lowest BCUT2D eigenvalue weighted by molar-refractivity contribution is -0.142. The minimum absolute atomic E-state index is 0.0247. The number of nitrogens with zero attached hydrogens (tertiary/aromatic N) is 2. The SMILES string of the molecule is CCOC(=O)c1c(C(F)(F)F)nc(C(F)F)c(C(=O)OC)c1N(CC)CC. The van der Waals surface area contributed by atoms with Crippen molar-refractivity contribution in [3.05, 3.63) is 22.5 Å². The van der Waals surface area contributed by atoms with Gasteiger partial charge in [-0.05, 0) is 20.8 Å². The number of methoxy groups -OCH3 is 1. The zero-order valence-electron chi connectivity index (χ0n) is 15.1. The second-order valence-electron chi connectivity index (χ2n) is 5.13. The summed E-state index contributed by atoms with van der Waals surface area (Å²) in [4.78, 5) is 28.5. The first-order chi connectivity index (χ1) is 12.5. The summed E-state index contributed by atoms with van der Waals surface area (Å²) in [6.45, 7) is 4.20. The summed E-state index contributed by atoms with van der Waals surface area (Å²) < 4.78 is 76.6. The zero-order chi connectivity index (χ0) is 20.9. The van der Waals surface area contributed by atoms with Gasteiger partial charge in [-0.2, -0.15) is 13.2 Å². The van der Waals surface area contributed by atoms with Crippen molar-refractivity contribution in [1.82, 2.24) is 4.98 Å². The predicted molar refractivity (Wildman–Crippen MR) is 85.1 cm³/mol. The van der Waals surface area contributed by atoms with Crippen molar-refractivity contribution in [3.63, 3.8) is 0 Å². The van der Waals surface area contributed by atoms with Crippen molar-refractivity contribution in [2.24, 2.45) is 0 Å². The summed E-state index contributed by atoms with van der Waals surface area (Å²) in [6, 6.07) is 0. The number of ether oxygens (including phenoxy) is 2. The van der Waals surface area contributed by atoms with Gasteiger partial charge in [-0.25, -0.2) is 23.4 Å². The van der Waals surface area contributed by atoms with E-state index in [1.807, 2.05) is 0 Å². The molecule has 0 atom stereocenters. The van der Waals surface area contributed by atoms with Gasteiger partial charge in [0.1, 0.15) is 16.8 Å². The molecule has 0 aliphatic rings. The van der Waals surface area contributed by atoms with E-state index in [-0.39, 0.29) is 19.7 Å².